The van der Waals surface area contributed by atoms with Crippen molar-refractivity contribution in [2.75, 3.05) is 26.4 Å². The Morgan fingerprint density at radius 2 is 1.36 bits per heavy atom. The van der Waals surface area contributed by atoms with Crippen molar-refractivity contribution in [1.29, 1.82) is 0 Å². The number of ether oxygens (including phenoxy) is 4. The van der Waals surface area contributed by atoms with Gasteiger partial charge in [0.15, 0.2) is 0 Å². The van der Waals surface area contributed by atoms with Crippen molar-refractivity contribution in [3.05, 3.63) is 90.0 Å². The van der Waals surface area contributed by atoms with Crippen molar-refractivity contribution < 1.29 is 28.0 Å². The maximum Gasteiger partial charge on any atom is 0.311 e. The number of fused-ring (bicyclic) bond motifs is 3. The summed E-state index contributed by atoms with van der Waals surface area (Å²) in [5.74, 6) is 1.72. The fourth-order valence-corrected chi connectivity index (χ4v) is 7.45. The predicted octanol–water partition coefficient (Wildman–Crippen LogP) is 5.81. The Morgan fingerprint density at radius 3 is 2.10 bits per heavy atom. The zero-order valence-electron chi connectivity index (χ0n) is 21.9. The molecule has 198 valence electrons. The average molecular weight is 541 g/mol. The van der Waals surface area contributed by atoms with Gasteiger partial charge in [-0.05, 0) is 60.4 Å². The summed E-state index contributed by atoms with van der Waals surface area (Å²) in [6.07, 6.45) is 0.101. The molecule has 4 aromatic rings. The Kier molecular flexibility index (Phi) is 6.00. The van der Waals surface area contributed by atoms with Gasteiger partial charge in [-0.2, -0.15) is 0 Å². The van der Waals surface area contributed by atoms with Crippen molar-refractivity contribution in [2.24, 2.45) is 0 Å². The van der Waals surface area contributed by atoms with E-state index in [0.29, 0.717) is 54.3 Å². The topological polar surface area (TPSA) is 69.8 Å². The van der Waals surface area contributed by atoms with Crippen LogP contribution in [0.15, 0.2) is 78.9 Å². The second-order valence-corrected chi connectivity index (χ2v) is 12.5. The van der Waals surface area contributed by atoms with Gasteiger partial charge in [-0.1, -0.05) is 54.6 Å². The first-order valence-corrected chi connectivity index (χ1v) is 14.9. The highest BCUT2D eigenvalue weighted by Gasteiger charge is 2.41. The van der Waals surface area contributed by atoms with Crippen molar-refractivity contribution in [3.63, 3.8) is 0 Å². The predicted molar refractivity (Wildman–Crippen MR) is 151 cm³/mol. The summed E-state index contributed by atoms with van der Waals surface area (Å²) < 4.78 is 45.2. The molecule has 0 radical (unpaired) electrons. The number of epoxide rings is 2. The summed E-state index contributed by atoms with van der Waals surface area (Å²) in [6, 6.07) is 25.5. The maximum atomic E-state index is 15.2. The molecule has 0 amide bonds. The van der Waals surface area contributed by atoms with Gasteiger partial charge in [0.05, 0.1) is 23.8 Å². The molecular weight excluding hydrogens is 511 g/mol. The third-order valence-electron chi connectivity index (χ3n) is 7.55. The molecule has 3 aliphatic rings. The van der Waals surface area contributed by atoms with Crippen LogP contribution in [0.1, 0.15) is 11.1 Å². The smallest absolute Gasteiger partial charge is 0.311 e. The van der Waals surface area contributed by atoms with Crippen LogP contribution in [-0.4, -0.2) is 38.6 Å². The van der Waals surface area contributed by atoms with E-state index < -0.39 is 7.37 Å². The highest BCUT2D eigenvalue weighted by molar-refractivity contribution is 7.75. The van der Waals surface area contributed by atoms with Gasteiger partial charge < -0.3 is 23.5 Å². The number of aryl methyl sites for hydroxylation is 1. The van der Waals surface area contributed by atoms with Gasteiger partial charge in [-0.3, -0.25) is 4.57 Å². The van der Waals surface area contributed by atoms with E-state index in [2.05, 4.69) is 26.0 Å². The van der Waals surface area contributed by atoms with Gasteiger partial charge in [0.2, 0.25) is 0 Å². The molecule has 4 aromatic carbocycles. The molecule has 2 saturated heterocycles. The van der Waals surface area contributed by atoms with E-state index in [1.165, 1.54) is 5.56 Å². The second-order valence-electron chi connectivity index (χ2n) is 10.3. The monoisotopic (exact) mass is 540 g/mol. The zero-order valence-corrected chi connectivity index (χ0v) is 22.8. The number of rotatable bonds is 8. The molecule has 0 spiro atoms. The molecule has 3 heterocycles. The quantitative estimate of drug-likeness (QED) is 0.207. The Balaban J connectivity index is 1.44. The molecule has 2 fully saturated rings. The Morgan fingerprint density at radius 1 is 0.718 bits per heavy atom. The summed E-state index contributed by atoms with van der Waals surface area (Å²) in [5.41, 5.74) is 6.05. The van der Waals surface area contributed by atoms with Gasteiger partial charge in [-0.25, -0.2) is 0 Å². The van der Waals surface area contributed by atoms with Gasteiger partial charge >= 0.3 is 7.37 Å². The standard InChI is InChI=1S/C32H29O6P/c1-20-8-7-11-24(21(20)2)27-14-30(37-19-23-17-35-23)32(15-29(27)36-18-22-16-34-22)39(33)31-13-6-4-10-26(31)25-9-3-5-12-28(25)38-39/h3-15,22-23H,16-19H2,1-2H3. The summed E-state index contributed by atoms with van der Waals surface area (Å²) >= 11 is 0. The molecule has 3 atom stereocenters. The van der Waals surface area contributed by atoms with E-state index in [0.717, 1.165) is 27.8 Å². The van der Waals surface area contributed by atoms with Crippen LogP contribution in [0.5, 0.6) is 17.2 Å². The molecule has 0 N–H and O–H groups in total. The van der Waals surface area contributed by atoms with Crippen molar-refractivity contribution >= 4 is 18.0 Å². The molecule has 0 aromatic heterocycles. The third-order valence-corrected chi connectivity index (χ3v) is 10.0. The Hall–Kier alpha value is -3.57. The average Bonchev–Trinajstić information content (AvgIpc) is 3.88. The van der Waals surface area contributed by atoms with Gasteiger partial charge in [0.25, 0.3) is 0 Å². The number of hydrogen-bond donors (Lipinski definition) is 0. The molecule has 0 bridgehead atoms. The number of benzene rings is 4. The summed E-state index contributed by atoms with van der Waals surface area (Å²) in [7, 11) is -3.63. The lowest BCUT2D eigenvalue weighted by atomic mass is 9.96. The highest BCUT2D eigenvalue weighted by Crippen LogP contribution is 2.56. The normalized spacial score (nSPS) is 22.3. The minimum Gasteiger partial charge on any atom is -0.490 e. The maximum absolute atomic E-state index is 15.2. The third kappa shape index (κ3) is 4.53. The molecule has 7 heteroatoms. The minimum atomic E-state index is -3.63. The van der Waals surface area contributed by atoms with Crippen LogP contribution in [0, 0.1) is 13.8 Å². The molecule has 3 aliphatic heterocycles. The molecule has 0 aliphatic carbocycles. The summed E-state index contributed by atoms with van der Waals surface area (Å²) in [6.45, 7) is 6.32. The van der Waals surface area contributed by atoms with Crippen LogP contribution in [0.2, 0.25) is 0 Å². The van der Waals surface area contributed by atoms with Crippen LogP contribution < -0.4 is 24.6 Å². The molecule has 39 heavy (non-hydrogen) atoms. The van der Waals surface area contributed by atoms with E-state index in [9.17, 15) is 0 Å². The van der Waals surface area contributed by atoms with Crippen LogP contribution in [0.3, 0.4) is 0 Å². The second kappa shape index (κ2) is 9.56. The van der Waals surface area contributed by atoms with Gasteiger partial charge in [0.1, 0.15) is 42.7 Å². The lowest BCUT2D eigenvalue weighted by Gasteiger charge is -2.30. The first-order chi connectivity index (χ1) is 19.0. The summed E-state index contributed by atoms with van der Waals surface area (Å²) in [5, 5.41) is 1.12. The zero-order chi connectivity index (χ0) is 26.6. The lowest BCUT2D eigenvalue weighted by molar-refractivity contribution is 0.259. The van der Waals surface area contributed by atoms with Crippen LogP contribution >= 0.6 is 7.37 Å². The van der Waals surface area contributed by atoms with E-state index in [1.54, 1.807) is 0 Å². The van der Waals surface area contributed by atoms with Crippen LogP contribution in [0.25, 0.3) is 22.3 Å². The Bertz CT molecular complexity index is 1620. The van der Waals surface area contributed by atoms with E-state index in [-0.39, 0.29) is 12.2 Å². The van der Waals surface area contributed by atoms with E-state index in [4.69, 9.17) is 23.5 Å². The van der Waals surface area contributed by atoms with Crippen molar-refractivity contribution in [3.8, 4) is 39.5 Å². The molecule has 3 unspecified atom stereocenters. The number of para-hydroxylation sites is 1. The van der Waals surface area contributed by atoms with E-state index >= 15 is 4.57 Å². The van der Waals surface area contributed by atoms with Crippen LogP contribution in [0.4, 0.5) is 0 Å². The molecular formula is C32H29O6P. The largest absolute Gasteiger partial charge is 0.490 e. The molecule has 6 nitrogen and oxygen atoms in total. The minimum absolute atomic E-state index is 0.0335. The number of hydrogen-bond acceptors (Lipinski definition) is 6. The Labute approximate surface area is 227 Å². The first-order valence-electron chi connectivity index (χ1n) is 13.2. The lowest BCUT2D eigenvalue weighted by Crippen LogP contribution is -2.27. The fraction of sp³-hybridized carbons (Fsp3) is 0.250. The van der Waals surface area contributed by atoms with E-state index in [1.807, 2.05) is 66.7 Å². The molecule has 0 saturated carbocycles. The van der Waals surface area contributed by atoms with Gasteiger partial charge in [-0.15, -0.1) is 0 Å². The van der Waals surface area contributed by atoms with Crippen molar-refractivity contribution in [1.82, 2.24) is 0 Å². The summed E-state index contributed by atoms with van der Waals surface area (Å²) in [4.78, 5) is 0. The SMILES string of the molecule is Cc1cccc(-c2cc(OCC3CO3)c(P3(=O)Oc4ccccc4-c4ccccc43)cc2OCC2CO2)c1C. The van der Waals surface area contributed by atoms with Gasteiger partial charge in [0, 0.05) is 11.1 Å². The van der Waals surface area contributed by atoms with Crippen molar-refractivity contribution in [2.45, 2.75) is 26.1 Å². The highest BCUT2D eigenvalue weighted by atomic mass is 31.2. The molecule has 7 rings (SSSR count). The first kappa shape index (κ1) is 24.5. The fourth-order valence-electron chi connectivity index (χ4n) is 5.06. The van der Waals surface area contributed by atoms with Crippen LogP contribution in [-0.2, 0) is 14.0 Å².